The highest BCUT2D eigenvalue weighted by Crippen LogP contribution is 2.64. The smallest absolute Gasteiger partial charge is 0.301 e. The lowest BCUT2D eigenvalue weighted by Gasteiger charge is -2.50. The Morgan fingerprint density at radius 2 is 1.41 bits per heavy atom. The summed E-state index contributed by atoms with van der Waals surface area (Å²) >= 11 is 0. The molecule has 2 aliphatic heterocycles. The molecular formula is C43H40N6O9. The number of allylic oxidation sites excluding steroid dienone is 2. The number of nitro benzene ring substituents is 2. The van der Waals surface area contributed by atoms with Crippen molar-refractivity contribution in [2.45, 2.75) is 44.9 Å². The highest BCUT2D eigenvalue weighted by atomic mass is 16.6. The molecule has 6 unspecified atom stereocenters. The number of aryl methyl sites for hydroxylation is 3. The van der Waals surface area contributed by atoms with E-state index in [-0.39, 0.29) is 30.0 Å². The number of aromatic hydroxyl groups is 1. The van der Waals surface area contributed by atoms with Crippen molar-refractivity contribution in [3.63, 3.8) is 0 Å². The second-order valence-electron chi connectivity index (χ2n) is 15.8. The van der Waals surface area contributed by atoms with E-state index in [1.165, 1.54) is 19.0 Å². The van der Waals surface area contributed by atoms with Crippen molar-refractivity contribution >= 4 is 52.1 Å². The number of hydrogen-bond acceptors (Lipinski definition) is 11. The van der Waals surface area contributed by atoms with E-state index in [0.29, 0.717) is 33.5 Å². The quantitative estimate of drug-likeness (QED) is 0.0870. The van der Waals surface area contributed by atoms with Gasteiger partial charge in [-0.15, -0.1) is 0 Å². The molecule has 1 saturated carbocycles. The minimum Gasteiger partial charge on any atom is -0.507 e. The zero-order chi connectivity index (χ0) is 41.5. The monoisotopic (exact) mass is 784 g/mol. The van der Waals surface area contributed by atoms with E-state index in [4.69, 9.17) is 0 Å². The van der Waals surface area contributed by atoms with Gasteiger partial charge in [0.1, 0.15) is 5.75 Å². The Labute approximate surface area is 332 Å². The van der Waals surface area contributed by atoms with Crippen LogP contribution in [0.25, 0.3) is 0 Å². The number of hydrazine groups is 1. The van der Waals surface area contributed by atoms with E-state index in [0.717, 1.165) is 27.6 Å². The summed E-state index contributed by atoms with van der Waals surface area (Å²) in [4.78, 5) is 84.5. The molecule has 0 bridgehead atoms. The Bertz CT molecular complexity index is 2440. The molecule has 4 aliphatic rings. The van der Waals surface area contributed by atoms with Crippen LogP contribution >= 0.6 is 0 Å². The third-order valence-corrected chi connectivity index (χ3v) is 12.4. The van der Waals surface area contributed by atoms with E-state index in [1.54, 1.807) is 50.2 Å². The number of nitro groups is 2. The predicted octanol–water partition coefficient (Wildman–Crippen LogP) is 6.39. The fraction of sp³-hybridized carbons (Fsp3) is 0.302. The van der Waals surface area contributed by atoms with Crippen molar-refractivity contribution in [1.82, 2.24) is 5.01 Å². The number of imide groups is 2. The Morgan fingerprint density at radius 3 is 1.98 bits per heavy atom. The number of anilines is 3. The second-order valence-corrected chi connectivity index (χ2v) is 15.8. The Hall–Kier alpha value is -6.90. The Kier molecular flexibility index (Phi) is 8.94. The lowest BCUT2D eigenvalue weighted by molar-refractivity contribution is -0.392. The lowest BCUT2D eigenvalue weighted by Crippen LogP contribution is -2.53. The van der Waals surface area contributed by atoms with E-state index in [2.05, 4.69) is 5.43 Å². The van der Waals surface area contributed by atoms with Gasteiger partial charge in [-0.25, -0.2) is 4.90 Å². The Balaban J connectivity index is 1.31. The van der Waals surface area contributed by atoms with Gasteiger partial charge in [-0.1, -0.05) is 71.8 Å². The molecular weight excluding hydrogens is 745 g/mol. The van der Waals surface area contributed by atoms with Crippen molar-refractivity contribution in [3.8, 4) is 5.75 Å². The number of carbonyl (C=O) groups excluding carboxylic acids is 4. The van der Waals surface area contributed by atoms with Crippen LogP contribution in [-0.2, 0) is 24.6 Å². The number of hydrogen-bond donors (Lipinski definition) is 2. The minimum atomic E-state index is -1.53. The van der Waals surface area contributed by atoms with Crippen LogP contribution in [0.2, 0.25) is 0 Å². The molecule has 15 heteroatoms. The molecule has 8 rings (SSSR count). The van der Waals surface area contributed by atoms with Crippen LogP contribution in [0.3, 0.4) is 0 Å². The van der Waals surface area contributed by atoms with E-state index < -0.39 is 79.9 Å². The molecule has 2 N–H and O–H groups in total. The number of benzene rings is 4. The molecule has 2 saturated heterocycles. The largest absolute Gasteiger partial charge is 0.507 e. The number of phenolic OH excluding ortho intramolecular Hbond substituents is 1. The van der Waals surface area contributed by atoms with Crippen molar-refractivity contribution in [2.75, 3.05) is 29.3 Å². The molecule has 4 amide bonds. The summed E-state index contributed by atoms with van der Waals surface area (Å²) in [7, 11) is 2.84. The van der Waals surface area contributed by atoms with E-state index >= 15 is 4.79 Å². The van der Waals surface area contributed by atoms with Crippen molar-refractivity contribution in [3.05, 3.63) is 139 Å². The zero-order valence-electron chi connectivity index (χ0n) is 32.3. The number of nitrogens with one attached hydrogen (secondary N) is 1. The average molecular weight is 785 g/mol. The molecule has 0 spiro atoms. The third-order valence-electron chi connectivity index (χ3n) is 12.4. The number of rotatable bonds is 8. The first-order valence-corrected chi connectivity index (χ1v) is 18.9. The van der Waals surface area contributed by atoms with Gasteiger partial charge < -0.3 is 10.0 Å². The molecule has 15 nitrogen and oxygen atoms in total. The maximum absolute atomic E-state index is 15.4. The fourth-order valence-electron chi connectivity index (χ4n) is 9.99. The van der Waals surface area contributed by atoms with E-state index in [9.17, 15) is 39.7 Å². The number of carbonyl (C=O) groups is 4. The predicted molar refractivity (Wildman–Crippen MR) is 213 cm³/mol. The van der Waals surface area contributed by atoms with Gasteiger partial charge in [-0.2, -0.15) is 5.01 Å². The molecule has 296 valence electrons. The topological polar surface area (TPSA) is 197 Å². The van der Waals surface area contributed by atoms with Gasteiger partial charge in [0, 0.05) is 32.1 Å². The standard InChI is InChI=1S/C43H40N6O9/c1-22-11-13-27(14-12-22)44-47-40(52)32-21-31-29(36(25-17-23(2)38(50)24(3)18-25)43(32,42(47)54)26-9-7-6-8-10-26)15-16-30-35(31)41(53)46(39(30)51)28-19-33(48(55)56)37(45(4)5)34(20-28)49(57)58/h6-15,17-20,30-32,35-36,44,50H,16,21H2,1-5H3. The van der Waals surface area contributed by atoms with Crippen LogP contribution in [-0.4, -0.2) is 57.7 Å². The van der Waals surface area contributed by atoms with Crippen LogP contribution in [0.15, 0.2) is 90.5 Å². The third kappa shape index (κ3) is 5.47. The summed E-state index contributed by atoms with van der Waals surface area (Å²) < 4.78 is 0. The summed E-state index contributed by atoms with van der Waals surface area (Å²) in [6, 6.07) is 21.9. The highest BCUT2D eigenvalue weighted by molar-refractivity contribution is 6.23. The molecule has 0 radical (unpaired) electrons. The molecule has 58 heavy (non-hydrogen) atoms. The number of amides is 4. The number of nitrogens with zero attached hydrogens (tertiary/aromatic N) is 5. The zero-order valence-corrected chi connectivity index (χ0v) is 32.3. The van der Waals surface area contributed by atoms with Crippen LogP contribution < -0.4 is 15.2 Å². The molecule has 2 heterocycles. The highest BCUT2D eigenvalue weighted by Gasteiger charge is 2.70. The first-order valence-electron chi connectivity index (χ1n) is 18.9. The lowest BCUT2D eigenvalue weighted by atomic mass is 9.49. The fourth-order valence-corrected chi connectivity index (χ4v) is 9.99. The van der Waals surface area contributed by atoms with Gasteiger partial charge in [0.05, 0.1) is 44.4 Å². The van der Waals surface area contributed by atoms with Gasteiger partial charge >= 0.3 is 11.4 Å². The van der Waals surface area contributed by atoms with Crippen LogP contribution in [0.4, 0.5) is 28.4 Å². The second kappa shape index (κ2) is 13.6. The van der Waals surface area contributed by atoms with Gasteiger partial charge in [0.15, 0.2) is 5.69 Å². The van der Waals surface area contributed by atoms with Crippen LogP contribution in [0.1, 0.15) is 46.6 Å². The maximum atomic E-state index is 15.4. The number of fused-ring (bicyclic) bond motifs is 4. The summed E-state index contributed by atoms with van der Waals surface area (Å²) in [5, 5.41) is 36.5. The molecule has 4 aromatic rings. The van der Waals surface area contributed by atoms with Gasteiger partial charge in [-0.3, -0.25) is 44.8 Å². The molecule has 0 aromatic heterocycles. The average Bonchev–Trinajstić information content (AvgIpc) is 3.57. The van der Waals surface area contributed by atoms with Gasteiger partial charge in [0.2, 0.25) is 11.8 Å². The first-order chi connectivity index (χ1) is 27.6. The Morgan fingerprint density at radius 1 is 0.810 bits per heavy atom. The SMILES string of the molecule is Cc1ccc(NN2C(=O)C3CC4C(=CCC5C(=O)N(c6cc([N+](=O)[O-])c(N(C)C)c([N+](=O)[O-])c6)C(=O)C54)C(c4cc(C)c(O)c(C)c4)C3(c3ccccc3)C2=O)cc1. The van der Waals surface area contributed by atoms with Gasteiger partial charge in [0.25, 0.3) is 11.8 Å². The van der Waals surface area contributed by atoms with Gasteiger partial charge in [-0.05, 0) is 73.9 Å². The van der Waals surface area contributed by atoms with E-state index in [1.807, 2.05) is 43.3 Å². The normalized spacial score (nSPS) is 24.9. The van der Waals surface area contributed by atoms with Crippen molar-refractivity contribution < 1.29 is 34.1 Å². The van der Waals surface area contributed by atoms with Crippen molar-refractivity contribution in [2.24, 2.45) is 23.7 Å². The minimum absolute atomic E-state index is 0.00217. The molecule has 4 aromatic carbocycles. The maximum Gasteiger partial charge on any atom is 0.301 e. The summed E-state index contributed by atoms with van der Waals surface area (Å²) in [6.45, 7) is 5.41. The van der Waals surface area contributed by atoms with Crippen LogP contribution in [0.5, 0.6) is 5.75 Å². The molecule has 2 aliphatic carbocycles. The summed E-state index contributed by atoms with van der Waals surface area (Å²) in [6.07, 6.45) is 1.93. The first kappa shape index (κ1) is 38.0. The van der Waals surface area contributed by atoms with Crippen LogP contribution in [0, 0.1) is 64.7 Å². The molecule has 3 fully saturated rings. The number of phenols is 1. The summed E-state index contributed by atoms with van der Waals surface area (Å²) in [5.41, 5.74) is 4.10. The van der Waals surface area contributed by atoms with Crippen molar-refractivity contribution in [1.29, 1.82) is 0 Å². The summed E-state index contributed by atoms with van der Waals surface area (Å²) in [5.74, 6) is -6.98. The molecule has 6 atom stereocenters.